The van der Waals surface area contributed by atoms with E-state index in [1.54, 1.807) is 18.3 Å². The van der Waals surface area contributed by atoms with E-state index < -0.39 is 0 Å². The van der Waals surface area contributed by atoms with Crippen molar-refractivity contribution >= 4 is 49.3 Å². The van der Waals surface area contributed by atoms with Gasteiger partial charge in [-0.25, -0.2) is 4.98 Å². The third-order valence-electron chi connectivity index (χ3n) is 2.56. The van der Waals surface area contributed by atoms with E-state index in [1.165, 1.54) is 0 Å². The first-order valence-electron chi connectivity index (χ1n) is 6.06. The molecule has 2 N–H and O–H groups in total. The third kappa shape index (κ3) is 3.80. The minimum absolute atomic E-state index is 0.172. The van der Waals surface area contributed by atoms with Crippen molar-refractivity contribution in [3.63, 3.8) is 0 Å². The molecule has 1 amide bonds. The summed E-state index contributed by atoms with van der Waals surface area (Å²) in [7, 11) is 0. The van der Waals surface area contributed by atoms with Crippen molar-refractivity contribution in [3.05, 3.63) is 51.0 Å². The van der Waals surface area contributed by atoms with Crippen molar-refractivity contribution < 1.29 is 4.79 Å². The van der Waals surface area contributed by atoms with Gasteiger partial charge in [0.2, 0.25) is 0 Å². The molecule has 2 aromatic rings. The number of pyridine rings is 1. The summed E-state index contributed by atoms with van der Waals surface area (Å²) < 4.78 is 1.77. The van der Waals surface area contributed by atoms with Crippen LogP contribution in [0.25, 0.3) is 0 Å². The molecule has 0 saturated heterocycles. The van der Waals surface area contributed by atoms with Crippen LogP contribution in [0.15, 0.2) is 45.5 Å². The Kier molecular flexibility index (Phi) is 5.14. The van der Waals surface area contributed by atoms with Crippen LogP contribution in [0.1, 0.15) is 17.3 Å². The second-order valence-corrected chi connectivity index (χ2v) is 5.81. The zero-order valence-corrected chi connectivity index (χ0v) is 14.0. The number of carbonyl (C=O) groups excluding carboxylic acids is 1. The number of nitrogens with one attached hydrogen (secondary N) is 2. The fraction of sp³-hybridized carbons (Fsp3) is 0.143. The summed E-state index contributed by atoms with van der Waals surface area (Å²) in [5.41, 5.74) is 1.28. The largest absolute Gasteiger partial charge is 0.370 e. The maximum absolute atomic E-state index is 12.2. The maximum Gasteiger partial charge on any atom is 0.255 e. The summed E-state index contributed by atoms with van der Waals surface area (Å²) in [5, 5.41) is 5.94. The normalized spacial score (nSPS) is 10.2. The van der Waals surface area contributed by atoms with E-state index in [1.807, 2.05) is 25.1 Å². The highest BCUT2D eigenvalue weighted by molar-refractivity contribution is 9.11. The van der Waals surface area contributed by atoms with E-state index >= 15 is 0 Å². The Morgan fingerprint density at radius 1 is 1.25 bits per heavy atom. The molecule has 6 heteroatoms. The number of anilines is 2. The number of rotatable bonds is 4. The molecule has 1 aromatic heterocycles. The molecular weight excluding hydrogens is 386 g/mol. The van der Waals surface area contributed by atoms with Crippen molar-refractivity contribution in [1.82, 2.24) is 4.98 Å². The molecule has 1 aromatic carbocycles. The number of hydrogen-bond acceptors (Lipinski definition) is 3. The van der Waals surface area contributed by atoms with Gasteiger partial charge in [-0.15, -0.1) is 0 Å². The second-order valence-electron chi connectivity index (χ2n) is 4.04. The van der Waals surface area contributed by atoms with Gasteiger partial charge >= 0.3 is 0 Å². The van der Waals surface area contributed by atoms with Crippen LogP contribution in [-0.4, -0.2) is 17.4 Å². The molecule has 2 rings (SSSR count). The monoisotopic (exact) mass is 397 g/mol. The lowest BCUT2D eigenvalue weighted by Gasteiger charge is -2.09. The summed E-state index contributed by atoms with van der Waals surface area (Å²) in [5.74, 6) is 0.518. The van der Waals surface area contributed by atoms with Crippen LogP contribution < -0.4 is 10.6 Å². The Morgan fingerprint density at radius 2 is 2.05 bits per heavy atom. The highest BCUT2D eigenvalue weighted by atomic mass is 79.9. The van der Waals surface area contributed by atoms with E-state index in [4.69, 9.17) is 0 Å². The van der Waals surface area contributed by atoms with Gasteiger partial charge in [0.05, 0.1) is 5.69 Å². The lowest BCUT2D eigenvalue weighted by molar-refractivity contribution is 0.102. The van der Waals surface area contributed by atoms with Crippen LogP contribution in [0.5, 0.6) is 0 Å². The van der Waals surface area contributed by atoms with Crippen LogP contribution in [0.2, 0.25) is 0 Å². The fourth-order valence-corrected chi connectivity index (χ4v) is 2.78. The Balaban J connectivity index is 2.17. The molecule has 4 nitrogen and oxygen atoms in total. The predicted molar refractivity (Wildman–Crippen MR) is 88.2 cm³/mol. The van der Waals surface area contributed by atoms with E-state index in [0.717, 1.165) is 21.2 Å². The van der Waals surface area contributed by atoms with Crippen molar-refractivity contribution in [2.24, 2.45) is 0 Å². The Hall–Kier alpha value is -1.40. The van der Waals surface area contributed by atoms with Gasteiger partial charge in [0.25, 0.3) is 5.91 Å². The standard InChI is InChI=1S/C14H13Br2N3O/c1-2-17-13-7-9(5-6-18-13)14(20)19-12-4-3-10(15)8-11(12)16/h3-8H,2H2,1H3,(H,17,18)(H,19,20). The van der Waals surface area contributed by atoms with Gasteiger partial charge in [0, 0.05) is 27.3 Å². The molecule has 0 fully saturated rings. The number of nitrogens with zero attached hydrogens (tertiary/aromatic N) is 1. The molecule has 0 radical (unpaired) electrons. The molecule has 0 unspecified atom stereocenters. The molecule has 0 spiro atoms. The first kappa shape index (κ1) is 15.0. The van der Waals surface area contributed by atoms with Crippen LogP contribution in [-0.2, 0) is 0 Å². The minimum atomic E-state index is -0.172. The average molecular weight is 399 g/mol. The molecule has 0 bridgehead atoms. The van der Waals surface area contributed by atoms with Crippen molar-refractivity contribution in [3.8, 4) is 0 Å². The minimum Gasteiger partial charge on any atom is -0.370 e. The lowest BCUT2D eigenvalue weighted by Crippen LogP contribution is -2.13. The number of amides is 1. The van der Waals surface area contributed by atoms with Gasteiger partial charge in [-0.1, -0.05) is 15.9 Å². The van der Waals surface area contributed by atoms with Crippen molar-refractivity contribution in [2.75, 3.05) is 17.2 Å². The predicted octanol–water partition coefficient (Wildman–Crippen LogP) is 4.29. The summed E-state index contributed by atoms with van der Waals surface area (Å²) in [6, 6.07) is 9.00. The van der Waals surface area contributed by atoms with Gasteiger partial charge in [-0.3, -0.25) is 4.79 Å². The average Bonchev–Trinajstić information content (AvgIpc) is 2.42. The Labute approximate surface area is 134 Å². The number of carbonyl (C=O) groups is 1. The first-order chi connectivity index (χ1) is 9.60. The van der Waals surface area contributed by atoms with E-state index in [0.29, 0.717) is 11.4 Å². The van der Waals surface area contributed by atoms with E-state index in [9.17, 15) is 4.79 Å². The van der Waals surface area contributed by atoms with Crippen LogP contribution in [0.4, 0.5) is 11.5 Å². The fourth-order valence-electron chi connectivity index (χ4n) is 1.63. The topological polar surface area (TPSA) is 54.0 Å². The molecule has 20 heavy (non-hydrogen) atoms. The van der Waals surface area contributed by atoms with Gasteiger partial charge in [-0.05, 0) is 53.2 Å². The zero-order chi connectivity index (χ0) is 14.5. The quantitative estimate of drug-likeness (QED) is 0.807. The summed E-state index contributed by atoms with van der Waals surface area (Å²) in [6.07, 6.45) is 1.61. The summed E-state index contributed by atoms with van der Waals surface area (Å²) in [6.45, 7) is 2.74. The molecule has 0 aliphatic heterocycles. The number of benzene rings is 1. The van der Waals surface area contributed by atoms with Crippen molar-refractivity contribution in [1.29, 1.82) is 0 Å². The van der Waals surface area contributed by atoms with Crippen LogP contribution in [0.3, 0.4) is 0 Å². The molecule has 0 atom stereocenters. The first-order valence-corrected chi connectivity index (χ1v) is 7.65. The Morgan fingerprint density at radius 3 is 2.75 bits per heavy atom. The highest BCUT2D eigenvalue weighted by Gasteiger charge is 2.09. The number of aromatic nitrogens is 1. The van der Waals surface area contributed by atoms with Gasteiger partial charge in [-0.2, -0.15) is 0 Å². The smallest absolute Gasteiger partial charge is 0.255 e. The van der Waals surface area contributed by atoms with Gasteiger partial charge < -0.3 is 10.6 Å². The van der Waals surface area contributed by atoms with Crippen molar-refractivity contribution in [2.45, 2.75) is 6.92 Å². The third-order valence-corrected chi connectivity index (χ3v) is 3.71. The van der Waals surface area contributed by atoms with E-state index in [-0.39, 0.29) is 5.91 Å². The molecular formula is C14H13Br2N3O. The summed E-state index contributed by atoms with van der Waals surface area (Å²) in [4.78, 5) is 16.3. The van der Waals surface area contributed by atoms with Crippen LogP contribution in [0, 0.1) is 0 Å². The van der Waals surface area contributed by atoms with Crippen LogP contribution >= 0.6 is 31.9 Å². The molecule has 0 saturated carbocycles. The number of hydrogen-bond donors (Lipinski definition) is 2. The van der Waals surface area contributed by atoms with E-state index in [2.05, 4.69) is 47.5 Å². The van der Waals surface area contributed by atoms with Gasteiger partial charge in [0.1, 0.15) is 5.82 Å². The maximum atomic E-state index is 12.2. The lowest BCUT2D eigenvalue weighted by atomic mass is 10.2. The SMILES string of the molecule is CCNc1cc(C(=O)Nc2ccc(Br)cc2Br)ccn1. The second kappa shape index (κ2) is 6.85. The number of halogens is 2. The summed E-state index contributed by atoms with van der Waals surface area (Å²) >= 11 is 6.79. The Bertz CT molecular complexity index is 632. The molecule has 1 heterocycles. The molecule has 0 aliphatic rings. The zero-order valence-electron chi connectivity index (χ0n) is 10.8. The highest BCUT2D eigenvalue weighted by Crippen LogP contribution is 2.26. The molecule has 104 valence electrons. The van der Waals surface area contributed by atoms with Gasteiger partial charge in [0.15, 0.2) is 0 Å². The molecule has 0 aliphatic carbocycles.